The van der Waals surface area contributed by atoms with Gasteiger partial charge in [0.1, 0.15) is 5.92 Å². The first-order valence-corrected chi connectivity index (χ1v) is 7.35. The van der Waals surface area contributed by atoms with Crippen molar-refractivity contribution in [2.75, 3.05) is 0 Å². The van der Waals surface area contributed by atoms with Crippen molar-refractivity contribution in [3.05, 3.63) is 39.9 Å². The number of aliphatic carboxylic acids is 2. The van der Waals surface area contributed by atoms with Crippen molar-refractivity contribution in [2.24, 2.45) is 16.3 Å². The van der Waals surface area contributed by atoms with Gasteiger partial charge < -0.3 is 10.2 Å². The van der Waals surface area contributed by atoms with Crippen LogP contribution >= 0.6 is 0 Å². The van der Waals surface area contributed by atoms with E-state index in [4.69, 9.17) is 0 Å². The van der Waals surface area contributed by atoms with Crippen molar-refractivity contribution < 1.29 is 24.7 Å². The number of nitro benzene ring substituents is 1. The predicted octanol–water partition coefficient (Wildman–Crippen LogP) is 2.33. The summed E-state index contributed by atoms with van der Waals surface area (Å²) in [7, 11) is 0. The number of hydrogen-bond donors (Lipinski definition) is 2. The van der Waals surface area contributed by atoms with Gasteiger partial charge in [-0.1, -0.05) is 12.1 Å². The molecule has 2 rings (SSSR count). The Balaban J connectivity index is 2.74. The summed E-state index contributed by atoms with van der Waals surface area (Å²) in [5.74, 6) is -4.52. The summed E-state index contributed by atoms with van der Waals surface area (Å²) < 4.78 is 0. The summed E-state index contributed by atoms with van der Waals surface area (Å²) in [6, 6.07) is 4.81. The third-order valence-corrected chi connectivity index (χ3v) is 4.86. The van der Waals surface area contributed by atoms with Gasteiger partial charge in [-0.2, -0.15) is 0 Å². The van der Waals surface area contributed by atoms with Crippen LogP contribution in [-0.2, 0) is 9.59 Å². The molecule has 0 fully saturated rings. The first-order chi connectivity index (χ1) is 11.1. The number of carbonyl (C=O) groups is 2. The Bertz CT molecular complexity index is 744. The highest BCUT2D eigenvalue weighted by atomic mass is 16.6. The van der Waals surface area contributed by atoms with Crippen molar-refractivity contribution >= 4 is 23.3 Å². The lowest BCUT2D eigenvalue weighted by Crippen LogP contribution is -2.52. The Morgan fingerprint density at radius 1 is 1.33 bits per heavy atom. The van der Waals surface area contributed by atoms with E-state index in [9.17, 15) is 29.9 Å². The summed E-state index contributed by atoms with van der Waals surface area (Å²) >= 11 is 0. The minimum atomic E-state index is -1.50. The molecule has 2 N–H and O–H groups in total. The van der Waals surface area contributed by atoms with E-state index < -0.39 is 40.2 Å². The second-order valence-corrected chi connectivity index (χ2v) is 6.18. The van der Waals surface area contributed by atoms with Gasteiger partial charge in [0, 0.05) is 23.8 Å². The van der Waals surface area contributed by atoms with Gasteiger partial charge in [0.05, 0.1) is 16.4 Å². The highest BCUT2D eigenvalue weighted by Gasteiger charge is 2.55. The molecule has 0 bridgehead atoms. The number of aliphatic imine (C=N–C) groups is 1. The molecule has 0 amide bonds. The van der Waals surface area contributed by atoms with Crippen LogP contribution in [0.5, 0.6) is 0 Å². The number of rotatable bonds is 4. The first-order valence-electron chi connectivity index (χ1n) is 7.35. The predicted molar refractivity (Wildman–Crippen MR) is 85.3 cm³/mol. The molecule has 0 spiro atoms. The highest BCUT2D eigenvalue weighted by Crippen LogP contribution is 2.49. The zero-order chi connectivity index (χ0) is 18.2. The maximum atomic E-state index is 12.0. The molecule has 4 atom stereocenters. The average molecular weight is 334 g/mol. The zero-order valence-electron chi connectivity index (χ0n) is 13.5. The summed E-state index contributed by atoms with van der Waals surface area (Å²) in [4.78, 5) is 38.4. The van der Waals surface area contributed by atoms with E-state index in [1.54, 1.807) is 13.8 Å². The number of nitro groups is 1. The molecule has 4 unspecified atom stereocenters. The number of benzene rings is 1. The standard InChI is InChI=1S/C16H18N2O6/c1-8-12(14(19)20)13(16(3,15(21)22)9(2)17-8)10-5-4-6-11(7-10)18(23)24/h4-7,9,12-13H,1-3H3,(H,19,20)(H,21,22). The summed E-state index contributed by atoms with van der Waals surface area (Å²) in [5.41, 5.74) is -1.09. The topological polar surface area (TPSA) is 130 Å². The van der Waals surface area contributed by atoms with Crippen LogP contribution in [0.15, 0.2) is 29.3 Å². The lowest BCUT2D eigenvalue weighted by atomic mass is 9.61. The molecule has 0 saturated heterocycles. The Morgan fingerprint density at radius 2 is 1.96 bits per heavy atom. The van der Waals surface area contributed by atoms with Gasteiger partial charge in [0.15, 0.2) is 0 Å². The maximum Gasteiger partial charge on any atom is 0.312 e. The minimum Gasteiger partial charge on any atom is -0.481 e. The highest BCUT2D eigenvalue weighted by molar-refractivity contribution is 6.03. The van der Waals surface area contributed by atoms with Crippen LogP contribution in [0.3, 0.4) is 0 Å². The molecule has 128 valence electrons. The van der Waals surface area contributed by atoms with Crippen molar-refractivity contribution in [1.82, 2.24) is 0 Å². The van der Waals surface area contributed by atoms with E-state index in [2.05, 4.69) is 4.99 Å². The molecular weight excluding hydrogens is 316 g/mol. The number of carboxylic acid groups (broad SMARTS) is 2. The molecule has 8 nitrogen and oxygen atoms in total. The SMILES string of the molecule is CC1=NC(C)C(C)(C(=O)O)C(c2cccc([N+](=O)[O-])c2)C1C(=O)O. The van der Waals surface area contributed by atoms with E-state index in [0.29, 0.717) is 11.3 Å². The largest absolute Gasteiger partial charge is 0.481 e. The summed E-state index contributed by atoms with van der Waals surface area (Å²) in [6.07, 6.45) is 0. The zero-order valence-corrected chi connectivity index (χ0v) is 13.5. The van der Waals surface area contributed by atoms with E-state index in [1.807, 2.05) is 0 Å². The molecular formula is C16H18N2O6. The van der Waals surface area contributed by atoms with Crippen LogP contribution in [0.2, 0.25) is 0 Å². The second kappa shape index (κ2) is 6.03. The van der Waals surface area contributed by atoms with E-state index in [1.165, 1.54) is 31.2 Å². The maximum absolute atomic E-state index is 12.0. The van der Waals surface area contributed by atoms with Gasteiger partial charge in [0.25, 0.3) is 5.69 Å². The molecule has 0 aliphatic carbocycles. The Kier molecular flexibility index (Phi) is 4.42. The normalized spacial score (nSPS) is 29.6. The number of carboxylic acids is 2. The molecule has 0 aromatic heterocycles. The molecule has 1 aromatic carbocycles. The monoisotopic (exact) mass is 334 g/mol. The number of non-ortho nitro benzene ring substituents is 1. The fraction of sp³-hybridized carbons (Fsp3) is 0.438. The molecule has 1 aliphatic heterocycles. The van der Waals surface area contributed by atoms with Crippen molar-refractivity contribution in [2.45, 2.75) is 32.7 Å². The Labute approximate surface area is 138 Å². The van der Waals surface area contributed by atoms with Crippen molar-refractivity contribution in [3.63, 3.8) is 0 Å². The first kappa shape index (κ1) is 17.6. The van der Waals surface area contributed by atoms with Gasteiger partial charge in [-0.05, 0) is 26.3 Å². The third kappa shape index (κ3) is 2.64. The number of hydrogen-bond acceptors (Lipinski definition) is 5. The smallest absolute Gasteiger partial charge is 0.312 e. The summed E-state index contributed by atoms with van der Waals surface area (Å²) in [5, 5.41) is 30.4. The molecule has 0 saturated carbocycles. The van der Waals surface area contributed by atoms with Crippen LogP contribution in [0, 0.1) is 21.4 Å². The molecule has 0 radical (unpaired) electrons. The van der Waals surface area contributed by atoms with Crippen molar-refractivity contribution in [3.8, 4) is 0 Å². The average Bonchev–Trinajstić information content (AvgIpc) is 2.49. The van der Waals surface area contributed by atoms with Crippen LogP contribution in [0.1, 0.15) is 32.3 Å². The Morgan fingerprint density at radius 3 is 2.46 bits per heavy atom. The van der Waals surface area contributed by atoms with Gasteiger partial charge in [-0.15, -0.1) is 0 Å². The van der Waals surface area contributed by atoms with Crippen molar-refractivity contribution in [1.29, 1.82) is 0 Å². The van der Waals surface area contributed by atoms with Crippen LogP contribution < -0.4 is 0 Å². The lowest BCUT2D eigenvalue weighted by Gasteiger charge is -2.44. The van der Waals surface area contributed by atoms with Gasteiger partial charge in [-0.25, -0.2) is 0 Å². The molecule has 8 heteroatoms. The molecule has 1 heterocycles. The third-order valence-electron chi connectivity index (χ3n) is 4.86. The fourth-order valence-electron chi connectivity index (χ4n) is 3.37. The van der Waals surface area contributed by atoms with Gasteiger partial charge in [-0.3, -0.25) is 24.7 Å². The van der Waals surface area contributed by atoms with Crippen LogP contribution in [-0.4, -0.2) is 38.8 Å². The van der Waals surface area contributed by atoms with E-state index in [0.717, 1.165) is 0 Å². The summed E-state index contributed by atoms with van der Waals surface area (Å²) in [6.45, 7) is 4.59. The second-order valence-electron chi connectivity index (χ2n) is 6.18. The van der Waals surface area contributed by atoms with Gasteiger partial charge >= 0.3 is 11.9 Å². The van der Waals surface area contributed by atoms with E-state index >= 15 is 0 Å². The molecule has 1 aromatic rings. The molecule has 24 heavy (non-hydrogen) atoms. The quantitative estimate of drug-likeness (QED) is 0.642. The van der Waals surface area contributed by atoms with E-state index in [-0.39, 0.29) is 5.69 Å². The van der Waals surface area contributed by atoms with Crippen LogP contribution in [0.4, 0.5) is 5.69 Å². The molecule has 1 aliphatic rings. The fourth-order valence-corrected chi connectivity index (χ4v) is 3.37. The minimum absolute atomic E-state index is 0.211. The number of nitrogens with zero attached hydrogens (tertiary/aromatic N) is 2. The van der Waals surface area contributed by atoms with Crippen LogP contribution in [0.25, 0.3) is 0 Å². The lowest BCUT2D eigenvalue weighted by molar-refractivity contribution is -0.385. The Hall–Kier alpha value is -2.77. The van der Waals surface area contributed by atoms with Gasteiger partial charge in [0.2, 0.25) is 0 Å².